The Morgan fingerprint density at radius 1 is 1.50 bits per heavy atom. The Morgan fingerprint density at radius 2 is 1.92 bits per heavy atom. The van der Waals surface area contributed by atoms with E-state index in [2.05, 4.69) is 20.8 Å². The molecule has 0 heterocycles. The number of hydrogen-bond acceptors (Lipinski definition) is 2. The Balaban J connectivity index is 0. The summed E-state index contributed by atoms with van der Waals surface area (Å²) < 4.78 is 0. The maximum atomic E-state index is 10.4. The van der Waals surface area contributed by atoms with E-state index in [1.807, 2.05) is 0 Å². The summed E-state index contributed by atoms with van der Waals surface area (Å²) >= 11 is 0. The molecule has 0 fully saturated rings. The van der Waals surface area contributed by atoms with Crippen molar-refractivity contribution in [3.8, 4) is 0 Å². The number of carboxylic acid groups (broad SMARTS) is 1. The number of rotatable bonds is 4. The van der Waals surface area contributed by atoms with Gasteiger partial charge in [0.25, 0.3) is 0 Å². The van der Waals surface area contributed by atoms with Crippen LogP contribution in [0.5, 0.6) is 0 Å². The first kappa shape index (κ1) is 15.0. The van der Waals surface area contributed by atoms with Gasteiger partial charge in [-0.15, -0.1) is 0 Å². The van der Waals surface area contributed by atoms with Gasteiger partial charge >= 0.3 is 29.6 Å². The molecule has 0 aliphatic rings. The van der Waals surface area contributed by atoms with Crippen LogP contribution in [-0.2, 0) is 4.79 Å². The average molecular weight is 180 g/mol. The fourth-order valence-corrected chi connectivity index (χ4v) is 1.06. The fourth-order valence-electron chi connectivity index (χ4n) is 1.06. The smallest absolute Gasteiger partial charge is 0.550 e. The quantitative estimate of drug-likeness (QED) is 0.479. The van der Waals surface area contributed by atoms with E-state index in [1.54, 1.807) is 6.92 Å². The van der Waals surface area contributed by atoms with Gasteiger partial charge in [0.2, 0.25) is 0 Å². The molecule has 1 atom stereocenters. The zero-order valence-corrected chi connectivity index (χ0v) is 10.8. The van der Waals surface area contributed by atoms with Crippen molar-refractivity contribution in [3.63, 3.8) is 0 Å². The van der Waals surface area contributed by atoms with Crippen molar-refractivity contribution in [2.75, 3.05) is 0 Å². The summed E-state index contributed by atoms with van der Waals surface area (Å²) in [5.41, 5.74) is 0.124. The molecule has 0 N–H and O–H groups in total. The van der Waals surface area contributed by atoms with E-state index in [0.29, 0.717) is 6.42 Å². The van der Waals surface area contributed by atoms with Gasteiger partial charge in [0.15, 0.2) is 0 Å². The topological polar surface area (TPSA) is 40.1 Å². The van der Waals surface area contributed by atoms with Crippen LogP contribution in [-0.4, -0.2) is 5.97 Å². The number of carboxylic acids is 1. The van der Waals surface area contributed by atoms with E-state index in [9.17, 15) is 9.90 Å². The molecule has 0 aromatic rings. The largest absolute Gasteiger partial charge is 1.00 e. The van der Waals surface area contributed by atoms with Gasteiger partial charge in [0.1, 0.15) is 0 Å². The van der Waals surface area contributed by atoms with Crippen molar-refractivity contribution in [2.45, 2.75) is 40.5 Å². The van der Waals surface area contributed by atoms with Gasteiger partial charge in [0, 0.05) is 5.97 Å². The molecule has 1 unspecified atom stereocenters. The van der Waals surface area contributed by atoms with E-state index in [0.717, 1.165) is 6.42 Å². The molecule has 0 aromatic carbocycles. The number of aliphatic carboxylic acids is 1. The molecule has 0 aliphatic heterocycles. The van der Waals surface area contributed by atoms with Gasteiger partial charge in [0.05, 0.1) is 0 Å². The van der Waals surface area contributed by atoms with Gasteiger partial charge in [-0.3, -0.25) is 0 Å². The zero-order valence-electron chi connectivity index (χ0n) is 8.81. The molecule has 12 heavy (non-hydrogen) atoms. The average Bonchev–Trinajstić information content (AvgIpc) is 1.87. The van der Waals surface area contributed by atoms with Crippen LogP contribution in [0.2, 0.25) is 0 Å². The van der Waals surface area contributed by atoms with Gasteiger partial charge in [-0.1, -0.05) is 34.1 Å². The zero-order chi connectivity index (χ0) is 9.07. The summed E-state index contributed by atoms with van der Waals surface area (Å²) in [6.45, 7) is 7.92. The number of hydrogen-bond donors (Lipinski definition) is 0. The van der Waals surface area contributed by atoms with E-state index in [-0.39, 0.29) is 40.9 Å². The van der Waals surface area contributed by atoms with E-state index < -0.39 is 5.97 Å². The number of carbonyl (C=O) groups excluding carboxylic acids is 1. The maximum absolute atomic E-state index is 10.4. The monoisotopic (exact) mass is 180 g/mol. The minimum atomic E-state index is -0.938. The second kappa shape index (κ2) is 6.01. The Kier molecular flexibility index (Phi) is 7.49. The van der Waals surface area contributed by atoms with Crippen molar-refractivity contribution in [1.29, 1.82) is 0 Å². The Morgan fingerprint density at radius 3 is 2.17 bits per heavy atom. The molecular formula is C9H17NaO2. The van der Waals surface area contributed by atoms with Crippen LogP contribution in [0.3, 0.4) is 0 Å². The van der Waals surface area contributed by atoms with Gasteiger partial charge < -0.3 is 9.90 Å². The van der Waals surface area contributed by atoms with Crippen molar-refractivity contribution < 1.29 is 39.5 Å². The van der Waals surface area contributed by atoms with Gasteiger partial charge in [-0.2, -0.15) is 0 Å². The number of carbonyl (C=O) groups is 1. The van der Waals surface area contributed by atoms with Crippen LogP contribution in [0.4, 0.5) is 0 Å². The third-order valence-corrected chi connectivity index (χ3v) is 2.22. The Bertz CT molecular complexity index is 143. The second-order valence-electron chi connectivity index (χ2n) is 3.94. The summed E-state index contributed by atoms with van der Waals surface area (Å²) in [5, 5.41) is 10.4. The predicted octanol–water partition coefficient (Wildman–Crippen LogP) is -1.80. The Labute approximate surface area is 97.0 Å². The first-order valence-electron chi connectivity index (χ1n) is 4.10. The van der Waals surface area contributed by atoms with E-state index in [4.69, 9.17) is 0 Å². The van der Waals surface area contributed by atoms with Gasteiger partial charge in [-0.25, -0.2) is 0 Å². The molecule has 0 aromatic heterocycles. The molecule has 3 heteroatoms. The van der Waals surface area contributed by atoms with Crippen LogP contribution in [0, 0.1) is 11.3 Å². The molecule has 0 saturated carbocycles. The third-order valence-electron chi connectivity index (χ3n) is 2.22. The summed E-state index contributed by atoms with van der Waals surface area (Å²) in [4.78, 5) is 10.4. The SMILES string of the molecule is CCC(C)(C)CC(C)C(=O)[O-].[Na+]. The maximum Gasteiger partial charge on any atom is 1.00 e. The molecule has 2 nitrogen and oxygen atoms in total. The molecule has 66 valence electrons. The van der Waals surface area contributed by atoms with Crippen molar-refractivity contribution in [3.05, 3.63) is 0 Å². The summed E-state index contributed by atoms with van der Waals surface area (Å²) in [6.07, 6.45) is 1.70. The molecule has 0 aliphatic carbocycles. The minimum absolute atomic E-state index is 0. The van der Waals surface area contributed by atoms with Crippen LogP contribution in [0.1, 0.15) is 40.5 Å². The minimum Gasteiger partial charge on any atom is -0.550 e. The normalized spacial score (nSPS) is 13.3. The fraction of sp³-hybridized carbons (Fsp3) is 0.889. The van der Waals surface area contributed by atoms with Crippen LogP contribution in [0.15, 0.2) is 0 Å². The molecule has 0 rings (SSSR count). The molecule has 0 saturated heterocycles. The Hall–Kier alpha value is 0.470. The summed E-state index contributed by atoms with van der Waals surface area (Å²) in [6, 6.07) is 0. The van der Waals surface area contributed by atoms with Crippen LogP contribution >= 0.6 is 0 Å². The summed E-state index contributed by atoms with van der Waals surface area (Å²) in [7, 11) is 0. The standard InChI is InChI=1S/C9H18O2.Na/c1-5-9(3,4)6-7(2)8(10)11;/h7H,5-6H2,1-4H3,(H,10,11);/q;+1/p-1. The van der Waals surface area contributed by atoms with Gasteiger partial charge in [-0.05, 0) is 17.8 Å². The molecule has 0 amide bonds. The second-order valence-corrected chi connectivity index (χ2v) is 3.94. The molecular weight excluding hydrogens is 163 g/mol. The van der Waals surface area contributed by atoms with Crippen LogP contribution < -0.4 is 34.7 Å². The first-order valence-corrected chi connectivity index (χ1v) is 4.10. The van der Waals surface area contributed by atoms with Crippen molar-refractivity contribution in [2.24, 2.45) is 11.3 Å². The van der Waals surface area contributed by atoms with Crippen LogP contribution in [0.25, 0.3) is 0 Å². The predicted molar refractivity (Wildman–Crippen MR) is 42.9 cm³/mol. The van der Waals surface area contributed by atoms with Crippen molar-refractivity contribution >= 4 is 5.97 Å². The molecule has 0 radical (unpaired) electrons. The van der Waals surface area contributed by atoms with E-state index >= 15 is 0 Å². The molecule has 0 bridgehead atoms. The van der Waals surface area contributed by atoms with Crippen molar-refractivity contribution in [1.82, 2.24) is 0 Å². The first-order chi connectivity index (χ1) is 4.89. The molecule has 0 spiro atoms. The summed E-state index contributed by atoms with van der Waals surface area (Å²) in [5.74, 6) is -1.27. The van der Waals surface area contributed by atoms with E-state index in [1.165, 1.54) is 0 Å². The third kappa shape index (κ3) is 6.04.